The molecule has 0 aromatic heterocycles. The van der Waals surface area contributed by atoms with E-state index >= 15 is 0 Å². The van der Waals surface area contributed by atoms with Gasteiger partial charge in [-0.25, -0.2) is 4.39 Å². The van der Waals surface area contributed by atoms with Gasteiger partial charge in [-0.2, -0.15) is 0 Å². The molecule has 0 unspecified atom stereocenters. The van der Waals surface area contributed by atoms with Gasteiger partial charge in [-0.3, -0.25) is 10.1 Å². The summed E-state index contributed by atoms with van der Waals surface area (Å²) in [6.45, 7) is 1.38. The SMILES string of the molecule is O=[N+]([O-])c1cc(F)cc(N2CCc3ccccc3C2)c1. The lowest BCUT2D eigenvalue weighted by Gasteiger charge is -2.30. The fraction of sp³-hybridized carbons (Fsp3) is 0.200. The molecule has 0 aliphatic carbocycles. The van der Waals surface area contributed by atoms with Gasteiger partial charge in [0.25, 0.3) is 5.69 Å². The summed E-state index contributed by atoms with van der Waals surface area (Å²) in [5.74, 6) is -0.576. The van der Waals surface area contributed by atoms with E-state index in [9.17, 15) is 14.5 Å². The number of non-ortho nitro benzene ring substituents is 1. The number of nitro benzene ring substituents is 1. The van der Waals surface area contributed by atoms with Gasteiger partial charge in [-0.05, 0) is 23.6 Å². The molecule has 2 aromatic carbocycles. The number of nitro groups is 1. The minimum absolute atomic E-state index is 0.209. The molecule has 1 heterocycles. The molecular weight excluding hydrogens is 259 g/mol. The van der Waals surface area contributed by atoms with Crippen molar-refractivity contribution < 1.29 is 9.31 Å². The predicted octanol–water partition coefficient (Wildman–Crippen LogP) is 3.30. The molecule has 0 saturated heterocycles. The highest BCUT2D eigenvalue weighted by Crippen LogP contribution is 2.28. The molecule has 0 saturated carbocycles. The van der Waals surface area contributed by atoms with Crippen LogP contribution in [0.3, 0.4) is 0 Å². The van der Waals surface area contributed by atoms with Crippen LogP contribution in [0.15, 0.2) is 42.5 Å². The zero-order valence-electron chi connectivity index (χ0n) is 10.8. The lowest BCUT2D eigenvalue weighted by atomic mass is 9.99. The topological polar surface area (TPSA) is 46.4 Å². The van der Waals surface area contributed by atoms with E-state index in [4.69, 9.17) is 0 Å². The average molecular weight is 272 g/mol. The Labute approximate surface area is 115 Å². The number of rotatable bonds is 2. The molecule has 0 atom stereocenters. The lowest BCUT2D eigenvalue weighted by molar-refractivity contribution is -0.385. The second-order valence-electron chi connectivity index (χ2n) is 4.87. The Balaban J connectivity index is 1.93. The minimum Gasteiger partial charge on any atom is -0.367 e. The third-order valence-corrected chi connectivity index (χ3v) is 3.57. The van der Waals surface area contributed by atoms with Gasteiger partial charge in [-0.15, -0.1) is 0 Å². The maximum absolute atomic E-state index is 13.5. The van der Waals surface area contributed by atoms with Gasteiger partial charge in [0.1, 0.15) is 5.82 Å². The van der Waals surface area contributed by atoms with Crippen LogP contribution in [-0.2, 0) is 13.0 Å². The van der Waals surface area contributed by atoms with Crippen molar-refractivity contribution in [1.82, 2.24) is 0 Å². The highest BCUT2D eigenvalue weighted by Gasteiger charge is 2.19. The molecule has 1 aliphatic rings. The summed E-state index contributed by atoms with van der Waals surface area (Å²) in [4.78, 5) is 12.2. The van der Waals surface area contributed by atoms with Crippen molar-refractivity contribution in [3.05, 3.63) is 69.5 Å². The Kier molecular flexibility index (Phi) is 3.10. The van der Waals surface area contributed by atoms with E-state index in [1.165, 1.54) is 23.3 Å². The second-order valence-corrected chi connectivity index (χ2v) is 4.87. The Morgan fingerprint density at radius 1 is 1.15 bits per heavy atom. The molecule has 20 heavy (non-hydrogen) atoms. The Hall–Kier alpha value is -2.43. The van der Waals surface area contributed by atoms with Crippen LogP contribution >= 0.6 is 0 Å². The molecule has 4 nitrogen and oxygen atoms in total. The zero-order chi connectivity index (χ0) is 14.1. The molecule has 1 aliphatic heterocycles. The number of nitrogens with zero attached hydrogens (tertiary/aromatic N) is 2. The van der Waals surface area contributed by atoms with Crippen LogP contribution < -0.4 is 4.90 Å². The number of hydrogen-bond acceptors (Lipinski definition) is 3. The smallest absolute Gasteiger partial charge is 0.274 e. The van der Waals surface area contributed by atoms with Crippen molar-refractivity contribution >= 4 is 11.4 Å². The third-order valence-electron chi connectivity index (χ3n) is 3.57. The van der Waals surface area contributed by atoms with Gasteiger partial charge in [0.2, 0.25) is 0 Å². The van der Waals surface area contributed by atoms with Gasteiger partial charge in [0, 0.05) is 24.8 Å². The summed E-state index contributed by atoms with van der Waals surface area (Å²) in [5.41, 5.74) is 2.82. The fourth-order valence-electron chi connectivity index (χ4n) is 2.56. The van der Waals surface area contributed by atoms with E-state index in [0.29, 0.717) is 12.2 Å². The first-order valence-corrected chi connectivity index (χ1v) is 6.40. The van der Waals surface area contributed by atoms with Crippen LogP contribution in [-0.4, -0.2) is 11.5 Å². The number of benzene rings is 2. The van der Waals surface area contributed by atoms with E-state index in [0.717, 1.165) is 19.0 Å². The highest BCUT2D eigenvalue weighted by atomic mass is 19.1. The molecule has 0 radical (unpaired) electrons. The van der Waals surface area contributed by atoms with E-state index in [1.54, 1.807) is 0 Å². The van der Waals surface area contributed by atoms with Crippen molar-refractivity contribution in [3.8, 4) is 0 Å². The monoisotopic (exact) mass is 272 g/mol. The van der Waals surface area contributed by atoms with Crippen LogP contribution in [0, 0.1) is 15.9 Å². The van der Waals surface area contributed by atoms with E-state index in [-0.39, 0.29) is 5.69 Å². The van der Waals surface area contributed by atoms with Crippen LogP contribution in [0.5, 0.6) is 0 Å². The Bertz CT molecular complexity index is 673. The van der Waals surface area contributed by atoms with Crippen LogP contribution in [0.2, 0.25) is 0 Å². The molecule has 0 bridgehead atoms. The quantitative estimate of drug-likeness (QED) is 0.622. The highest BCUT2D eigenvalue weighted by molar-refractivity contribution is 5.55. The van der Waals surface area contributed by atoms with Crippen LogP contribution in [0.25, 0.3) is 0 Å². The molecule has 102 valence electrons. The summed E-state index contributed by atoms with van der Waals surface area (Å²) < 4.78 is 13.5. The van der Waals surface area contributed by atoms with E-state index in [1.807, 2.05) is 23.1 Å². The summed E-state index contributed by atoms with van der Waals surface area (Å²) in [7, 11) is 0. The normalized spacial score (nSPS) is 13.9. The molecule has 5 heteroatoms. The van der Waals surface area contributed by atoms with Crippen LogP contribution in [0.1, 0.15) is 11.1 Å². The van der Waals surface area contributed by atoms with Crippen molar-refractivity contribution in [2.45, 2.75) is 13.0 Å². The number of hydrogen-bond donors (Lipinski definition) is 0. The summed E-state index contributed by atoms with van der Waals surface area (Å²) in [5, 5.41) is 10.8. The first-order chi connectivity index (χ1) is 9.63. The third kappa shape index (κ3) is 2.34. The largest absolute Gasteiger partial charge is 0.367 e. The predicted molar refractivity (Wildman–Crippen MR) is 74.3 cm³/mol. The average Bonchev–Trinajstić information content (AvgIpc) is 2.46. The van der Waals surface area contributed by atoms with Gasteiger partial charge < -0.3 is 4.90 Å². The maximum Gasteiger partial charge on any atom is 0.274 e. The fourth-order valence-corrected chi connectivity index (χ4v) is 2.56. The molecule has 0 fully saturated rings. The lowest BCUT2D eigenvalue weighted by Crippen LogP contribution is -2.30. The number of anilines is 1. The summed E-state index contributed by atoms with van der Waals surface area (Å²) in [6.07, 6.45) is 0.862. The van der Waals surface area contributed by atoms with Gasteiger partial charge >= 0.3 is 0 Å². The molecule has 0 N–H and O–H groups in total. The van der Waals surface area contributed by atoms with Gasteiger partial charge in [0.05, 0.1) is 11.0 Å². The summed E-state index contributed by atoms with van der Waals surface area (Å²) in [6, 6.07) is 11.8. The minimum atomic E-state index is -0.576. The van der Waals surface area contributed by atoms with Crippen molar-refractivity contribution in [3.63, 3.8) is 0 Å². The van der Waals surface area contributed by atoms with E-state index < -0.39 is 10.7 Å². The van der Waals surface area contributed by atoms with Crippen molar-refractivity contribution in [1.29, 1.82) is 0 Å². The first-order valence-electron chi connectivity index (χ1n) is 6.40. The molecule has 0 amide bonds. The van der Waals surface area contributed by atoms with Crippen LogP contribution in [0.4, 0.5) is 15.8 Å². The maximum atomic E-state index is 13.5. The summed E-state index contributed by atoms with van der Waals surface area (Å²) >= 11 is 0. The standard InChI is InChI=1S/C15H13FN2O2/c16-13-7-14(9-15(8-13)18(19)20)17-6-5-11-3-1-2-4-12(11)10-17/h1-4,7-9H,5-6,10H2. The first kappa shape index (κ1) is 12.6. The molecule has 2 aromatic rings. The molecule has 0 spiro atoms. The Morgan fingerprint density at radius 3 is 2.65 bits per heavy atom. The van der Waals surface area contributed by atoms with Gasteiger partial charge in [0.15, 0.2) is 0 Å². The molecular formula is C15H13FN2O2. The van der Waals surface area contributed by atoms with Gasteiger partial charge in [-0.1, -0.05) is 24.3 Å². The van der Waals surface area contributed by atoms with E-state index in [2.05, 4.69) is 6.07 Å². The van der Waals surface area contributed by atoms with Crippen molar-refractivity contribution in [2.24, 2.45) is 0 Å². The Morgan fingerprint density at radius 2 is 1.90 bits per heavy atom. The second kappa shape index (κ2) is 4.92. The number of halogens is 1. The molecule has 3 rings (SSSR count). The number of fused-ring (bicyclic) bond motifs is 1. The van der Waals surface area contributed by atoms with Crippen molar-refractivity contribution in [2.75, 3.05) is 11.4 Å². The zero-order valence-corrected chi connectivity index (χ0v) is 10.8.